The van der Waals surface area contributed by atoms with E-state index in [-0.39, 0.29) is 11.2 Å². The van der Waals surface area contributed by atoms with Gasteiger partial charge in [-0.3, -0.25) is 4.79 Å². The van der Waals surface area contributed by atoms with Gasteiger partial charge in [0.25, 0.3) is 0 Å². The van der Waals surface area contributed by atoms with Crippen LogP contribution in [-0.4, -0.2) is 21.4 Å². The Morgan fingerprint density at radius 3 is 2.75 bits per heavy atom. The van der Waals surface area contributed by atoms with Crippen molar-refractivity contribution in [1.29, 1.82) is 0 Å². The maximum absolute atomic E-state index is 12.4. The van der Waals surface area contributed by atoms with Crippen LogP contribution in [0.25, 0.3) is 0 Å². The second kappa shape index (κ2) is 5.62. The first-order valence-electron chi connectivity index (χ1n) is 9.48. The summed E-state index contributed by atoms with van der Waals surface area (Å²) in [6.45, 7) is 4.83. The van der Waals surface area contributed by atoms with Crippen LogP contribution in [-0.2, 0) is 4.79 Å². The van der Waals surface area contributed by atoms with Crippen molar-refractivity contribution in [3.05, 3.63) is 11.6 Å². The monoisotopic (exact) mass is 348 g/mol. The number of hydrogen-bond acceptors (Lipinski definition) is 3. The third-order valence-corrected chi connectivity index (χ3v) is 8.89. The van der Waals surface area contributed by atoms with Crippen LogP contribution < -0.4 is 0 Å². The van der Waals surface area contributed by atoms with E-state index in [1.54, 1.807) is 0 Å². The van der Waals surface area contributed by atoms with Gasteiger partial charge in [0.2, 0.25) is 0 Å². The van der Waals surface area contributed by atoms with Crippen molar-refractivity contribution in [2.75, 3.05) is 0 Å². The normalized spacial score (nSPS) is 47.4. The third-order valence-electron chi connectivity index (χ3n) is 8.00. The van der Waals surface area contributed by atoms with E-state index >= 15 is 0 Å². The first-order chi connectivity index (χ1) is 11.3. The van der Waals surface area contributed by atoms with Gasteiger partial charge in [0.05, 0.1) is 5.25 Å². The average Bonchev–Trinajstić information content (AvgIpc) is 2.90. The molecule has 0 saturated heterocycles. The maximum Gasteiger partial charge on any atom is 0.365 e. The first kappa shape index (κ1) is 16.7. The summed E-state index contributed by atoms with van der Waals surface area (Å²) in [6, 6.07) is 0. The van der Waals surface area contributed by atoms with E-state index in [0.29, 0.717) is 11.3 Å². The molecule has 1 N–H and O–H groups in total. The molecule has 0 aromatic carbocycles. The molecular formula is C20H28O3S. The van der Waals surface area contributed by atoms with Crippen LogP contribution in [0.15, 0.2) is 11.6 Å². The summed E-state index contributed by atoms with van der Waals surface area (Å²) >= 11 is 0.818. The summed E-state index contributed by atoms with van der Waals surface area (Å²) in [5.41, 5.74) is 1.89. The lowest BCUT2D eigenvalue weighted by Crippen LogP contribution is -2.51. The van der Waals surface area contributed by atoms with Crippen molar-refractivity contribution in [1.82, 2.24) is 0 Å². The van der Waals surface area contributed by atoms with Crippen LogP contribution in [0.4, 0.5) is 4.79 Å². The van der Waals surface area contributed by atoms with Crippen molar-refractivity contribution in [3.63, 3.8) is 0 Å². The molecule has 4 aliphatic carbocycles. The third kappa shape index (κ3) is 2.40. The Morgan fingerprint density at radius 1 is 1.21 bits per heavy atom. The Labute approximate surface area is 148 Å². The van der Waals surface area contributed by atoms with Crippen molar-refractivity contribution >= 4 is 22.8 Å². The summed E-state index contributed by atoms with van der Waals surface area (Å²) in [5, 5.41) is 7.82. The molecule has 0 aliphatic heterocycles. The summed E-state index contributed by atoms with van der Waals surface area (Å²) in [7, 11) is 0. The molecule has 0 spiro atoms. The second-order valence-electron chi connectivity index (χ2n) is 9.07. The highest BCUT2D eigenvalue weighted by molar-refractivity contribution is 8.14. The topological polar surface area (TPSA) is 54.4 Å². The number of hydrogen-bond donors (Lipinski definition) is 1. The Bertz CT molecular complexity index is 612. The Morgan fingerprint density at radius 2 is 2.00 bits per heavy atom. The Kier molecular flexibility index (Phi) is 3.91. The molecule has 4 rings (SSSR count). The van der Waals surface area contributed by atoms with Crippen molar-refractivity contribution in [2.24, 2.45) is 28.6 Å². The van der Waals surface area contributed by atoms with Gasteiger partial charge in [-0.15, -0.1) is 0 Å². The fourth-order valence-corrected chi connectivity index (χ4v) is 7.67. The lowest BCUT2D eigenvalue weighted by atomic mass is 9.47. The summed E-state index contributed by atoms with van der Waals surface area (Å²) < 4.78 is 0. The minimum atomic E-state index is -0.923. The van der Waals surface area contributed by atoms with Crippen molar-refractivity contribution in [3.8, 4) is 0 Å². The largest absolute Gasteiger partial charge is 0.473 e. The zero-order valence-electron chi connectivity index (χ0n) is 14.7. The molecule has 0 radical (unpaired) electrons. The predicted molar refractivity (Wildman–Crippen MR) is 96.1 cm³/mol. The highest BCUT2D eigenvalue weighted by Gasteiger charge is 2.57. The fourth-order valence-electron chi connectivity index (χ4n) is 6.81. The Balaban J connectivity index is 1.65. The molecule has 0 aromatic rings. The maximum atomic E-state index is 12.4. The highest BCUT2D eigenvalue weighted by Crippen LogP contribution is 2.65. The van der Waals surface area contributed by atoms with Gasteiger partial charge in [-0.1, -0.05) is 25.8 Å². The van der Waals surface area contributed by atoms with Crippen LogP contribution in [0, 0.1) is 28.6 Å². The number of thioether (sulfide) groups is 1. The van der Waals surface area contributed by atoms with Crippen LogP contribution >= 0.6 is 11.8 Å². The molecule has 0 amide bonds. The van der Waals surface area contributed by atoms with Crippen LogP contribution in [0.2, 0.25) is 0 Å². The van der Waals surface area contributed by atoms with Gasteiger partial charge in [0.1, 0.15) is 0 Å². The van der Waals surface area contributed by atoms with E-state index in [0.717, 1.165) is 36.4 Å². The quantitative estimate of drug-likeness (QED) is 0.699. The molecule has 0 heterocycles. The summed E-state index contributed by atoms with van der Waals surface area (Å²) in [5.74, 6) is 2.28. The van der Waals surface area contributed by atoms with Gasteiger partial charge in [-0.05, 0) is 91.4 Å². The summed E-state index contributed by atoms with van der Waals surface area (Å²) in [4.78, 5) is 23.5. The minimum Gasteiger partial charge on any atom is -0.473 e. The van der Waals surface area contributed by atoms with Crippen LogP contribution in [0.1, 0.15) is 65.2 Å². The molecule has 3 saturated carbocycles. The van der Waals surface area contributed by atoms with Gasteiger partial charge in [-0.25, -0.2) is 4.79 Å². The molecule has 132 valence electrons. The molecule has 3 nitrogen and oxygen atoms in total. The number of rotatable bonds is 1. The standard InChI is InChI=1S/C20H28O3S/c1-19-8-3-4-14(19)13-6-5-12-10-16(21)17(24-18(22)23)11-20(12,2)15(13)7-9-19/h10,13-15,17H,3-9,11H2,1-2H3,(H,22,23)/t13-,14-,15+,17?,19-,20-/m0/s1. The van der Waals surface area contributed by atoms with Crippen molar-refractivity contribution < 1.29 is 14.7 Å². The number of carbonyl (C=O) groups excluding carboxylic acids is 1. The second-order valence-corrected chi connectivity index (χ2v) is 10.2. The fraction of sp³-hybridized carbons (Fsp3) is 0.800. The number of fused-ring (bicyclic) bond motifs is 5. The number of carboxylic acid groups (broad SMARTS) is 1. The average molecular weight is 349 g/mol. The van der Waals surface area contributed by atoms with E-state index in [1.807, 2.05) is 6.08 Å². The van der Waals surface area contributed by atoms with E-state index in [4.69, 9.17) is 5.11 Å². The van der Waals surface area contributed by atoms with Crippen LogP contribution in [0.5, 0.6) is 0 Å². The molecular weight excluding hydrogens is 320 g/mol. The lowest BCUT2D eigenvalue weighted by molar-refractivity contribution is -0.116. The minimum absolute atomic E-state index is 0.0230. The van der Waals surface area contributed by atoms with E-state index in [1.165, 1.54) is 44.1 Å². The Hall–Kier alpha value is -0.770. The van der Waals surface area contributed by atoms with Gasteiger partial charge in [-0.2, -0.15) is 0 Å². The molecule has 1 unspecified atom stereocenters. The number of carbonyl (C=O) groups is 2. The van der Waals surface area contributed by atoms with E-state index < -0.39 is 10.6 Å². The molecule has 24 heavy (non-hydrogen) atoms. The zero-order chi connectivity index (χ0) is 17.1. The van der Waals surface area contributed by atoms with Gasteiger partial charge < -0.3 is 5.11 Å². The first-order valence-corrected chi connectivity index (χ1v) is 10.4. The van der Waals surface area contributed by atoms with Crippen molar-refractivity contribution in [2.45, 2.75) is 70.5 Å². The molecule has 6 atom stereocenters. The zero-order valence-corrected chi connectivity index (χ0v) is 15.5. The molecule has 4 aliphatic rings. The summed E-state index contributed by atoms with van der Waals surface area (Å²) in [6.07, 6.45) is 11.5. The molecule has 3 fully saturated rings. The highest BCUT2D eigenvalue weighted by atomic mass is 32.2. The van der Waals surface area contributed by atoms with E-state index in [2.05, 4.69) is 13.8 Å². The molecule has 0 aromatic heterocycles. The number of ketones is 1. The van der Waals surface area contributed by atoms with Crippen LogP contribution in [0.3, 0.4) is 0 Å². The SMILES string of the molecule is C[C@@]12CCC[C@H]1[C@@H]1CCC3=CC(=O)C(SC(=O)O)C[C@]3(C)[C@@H]1CC2. The lowest BCUT2D eigenvalue weighted by Gasteiger charge is -2.58. The van der Waals surface area contributed by atoms with Gasteiger partial charge in [0.15, 0.2) is 5.78 Å². The van der Waals surface area contributed by atoms with Gasteiger partial charge in [0, 0.05) is 0 Å². The number of allylic oxidation sites excluding steroid dienone is 1. The molecule has 0 bridgehead atoms. The van der Waals surface area contributed by atoms with E-state index in [9.17, 15) is 9.59 Å². The molecule has 4 heteroatoms. The smallest absolute Gasteiger partial charge is 0.365 e. The van der Waals surface area contributed by atoms with Gasteiger partial charge >= 0.3 is 5.30 Å². The predicted octanol–water partition coefficient (Wildman–Crippen LogP) is 5.30.